The van der Waals surface area contributed by atoms with Gasteiger partial charge in [-0.15, -0.1) is 0 Å². The molecule has 0 bridgehead atoms. The molecule has 0 saturated heterocycles. The number of amides is 1. The number of benzene rings is 2. The molecule has 4 nitrogen and oxygen atoms in total. The second kappa shape index (κ2) is 6.26. The van der Waals surface area contributed by atoms with Crippen LogP contribution in [0.5, 0.6) is 5.75 Å². The van der Waals surface area contributed by atoms with Crippen LogP contribution in [0.25, 0.3) is 0 Å². The third-order valence-electron chi connectivity index (χ3n) is 3.08. The normalized spacial score (nSPS) is 10.2. The van der Waals surface area contributed by atoms with Crippen molar-refractivity contribution in [1.29, 1.82) is 0 Å². The lowest BCUT2D eigenvalue weighted by atomic mass is 10.1. The molecule has 2 aromatic carbocycles. The third-order valence-corrected chi connectivity index (χ3v) is 3.08. The lowest BCUT2D eigenvalue weighted by Crippen LogP contribution is -2.14. The van der Waals surface area contributed by atoms with Crippen molar-refractivity contribution < 1.29 is 13.9 Å². The van der Waals surface area contributed by atoms with Crippen LogP contribution < -0.4 is 15.8 Å². The summed E-state index contributed by atoms with van der Waals surface area (Å²) in [7, 11) is 0. The van der Waals surface area contributed by atoms with E-state index in [-0.39, 0.29) is 11.3 Å². The number of hydrogen-bond acceptors (Lipinski definition) is 3. The van der Waals surface area contributed by atoms with Gasteiger partial charge < -0.3 is 15.8 Å². The number of carbonyl (C=O) groups excluding carboxylic acids is 1. The predicted molar refractivity (Wildman–Crippen MR) is 81.1 cm³/mol. The molecule has 2 rings (SSSR count). The number of hydrogen-bond donors (Lipinski definition) is 2. The zero-order valence-corrected chi connectivity index (χ0v) is 11.9. The number of anilines is 2. The molecule has 0 saturated carbocycles. The molecule has 0 fully saturated rings. The van der Waals surface area contributed by atoms with Crippen LogP contribution in [0.1, 0.15) is 22.8 Å². The summed E-state index contributed by atoms with van der Waals surface area (Å²) in [5, 5.41) is 2.70. The van der Waals surface area contributed by atoms with E-state index in [1.807, 2.05) is 13.0 Å². The molecule has 0 heterocycles. The first kappa shape index (κ1) is 14.8. The van der Waals surface area contributed by atoms with Gasteiger partial charge in [0.25, 0.3) is 5.91 Å². The summed E-state index contributed by atoms with van der Waals surface area (Å²) >= 11 is 0. The van der Waals surface area contributed by atoms with Gasteiger partial charge in [-0.05, 0) is 38.1 Å². The first-order valence-corrected chi connectivity index (χ1v) is 6.61. The highest BCUT2D eigenvalue weighted by atomic mass is 19.1. The Balaban J connectivity index is 2.26. The highest BCUT2D eigenvalue weighted by Gasteiger charge is 2.13. The number of halogens is 1. The molecule has 21 heavy (non-hydrogen) atoms. The quantitative estimate of drug-likeness (QED) is 0.848. The number of rotatable bonds is 4. The van der Waals surface area contributed by atoms with E-state index in [1.165, 1.54) is 12.1 Å². The standard InChI is InChI=1S/C16H17FN2O2/c1-3-21-15-7-5-4-6-14(15)19-16(20)11-8-12(17)10(2)13(18)9-11/h4-9H,3,18H2,1-2H3,(H,19,20). The Kier molecular flexibility index (Phi) is 4.42. The Morgan fingerprint density at radius 3 is 2.71 bits per heavy atom. The van der Waals surface area contributed by atoms with Crippen molar-refractivity contribution in [3.8, 4) is 5.75 Å². The molecule has 0 aliphatic heterocycles. The molecule has 0 unspecified atom stereocenters. The maximum atomic E-state index is 13.7. The van der Waals surface area contributed by atoms with Crippen LogP contribution in [0.4, 0.5) is 15.8 Å². The van der Waals surface area contributed by atoms with Gasteiger partial charge in [-0.3, -0.25) is 4.79 Å². The average molecular weight is 288 g/mol. The Morgan fingerprint density at radius 1 is 1.33 bits per heavy atom. The van der Waals surface area contributed by atoms with E-state index >= 15 is 0 Å². The number of ether oxygens (including phenoxy) is 1. The van der Waals surface area contributed by atoms with Gasteiger partial charge in [0.15, 0.2) is 0 Å². The molecule has 3 N–H and O–H groups in total. The molecule has 5 heteroatoms. The maximum Gasteiger partial charge on any atom is 0.255 e. The molecule has 0 aliphatic carbocycles. The van der Waals surface area contributed by atoms with Crippen LogP contribution in [0.2, 0.25) is 0 Å². The molecule has 0 aromatic heterocycles. The topological polar surface area (TPSA) is 64.3 Å². The van der Waals surface area contributed by atoms with Crippen LogP contribution in [-0.2, 0) is 0 Å². The second-order valence-electron chi connectivity index (χ2n) is 4.56. The number of nitrogen functional groups attached to an aromatic ring is 1. The van der Waals surface area contributed by atoms with Crippen LogP contribution in [-0.4, -0.2) is 12.5 Å². The molecule has 0 aliphatic rings. The Hall–Kier alpha value is -2.56. The van der Waals surface area contributed by atoms with Gasteiger partial charge in [0.2, 0.25) is 0 Å². The summed E-state index contributed by atoms with van der Waals surface area (Å²) in [5.41, 5.74) is 6.97. The lowest BCUT2D eigenvalue weighted by molar-refractivity contribution is 0.102. The number of nitrogens with two attached hydrogens (primary N) is 1. The van der Waals surface area contributed by atoms with Gasteiger partial charge in [0.1, 0.15) is 11.6 Å². The van der Waals surface area contributed by atoms with E-state index in [2.05, 4.69) is 5.32 Å². The Morgan fingerprint density at radius 2 is 2.05 bits per heavy atom. The zero-order valence-electron chi connectivity index (χ0n) is 11.9. The average Bonchev–Trinajstić information content (AvgIpc) is 2.46. The van der Waals surface area contributed by atoms with Crippen molar-refractivity contribution in [2.75, 3.05) is 17.7 Å². The Labute approximate surface area is 122 Å². The van der Waals surface area contributed by atoms with Gasteiger partial charge in [-0.25, -0.2) is 4.39 Å². The summed E-state index contributed by atoms with van der Waals surface area (Å²) in [6.07, 6.45) is 0. The molecule has 0 spiro atoms. The molecular formula is C16H17FN2O2. The van der Waals surface area contributed by atoms with E-state index < -0.39 is 11.7 Å². The van der Waals surface area contributed by atoms with Crippen LogP contribution in [0.3, 0.4) is 0 Å². The van der Waals surface area contributed by atoms with E-state index in [1.54, 1.807) is 25.1 Å². The summed E-state index contributed by atoms with van der Waals surface area (Å²) in [4.78, 5) is 12.2. The van der Waals surface area contributed by atoms with E-state index in [0.29, 0.717) is 23.6 Å². The van der Waals surface area contributed by atoms with Crippen LogP contribution >= 0.6 is 0 Å². The van der Waals surface area contributed by atoms with Crippen LogP contribution in [0, 0.1) is 12.7 Å². The van der Waals surface area contributed by atoms with Gasteiger partial charge in [-0.2, -0.15) is 0 Å². The first-order chi connectivity index (χ1) is 10.0. The van der Waals surface area contributed by atoms with Gasteiger partial charge in [0.05, 0.1) is 12.3 Å². The first-order valence-electron chi connectivity index (χ1n) is 6.61. The fourth-order valence-electron chi connectivity index (χ4n) is 1.88. The van der Waals surface area contributed by atoms with E-state index in [9.17, 15) is 9.18 Å². The monoisotopic (exact) mass is 288 g/mol. The summed E-state index contributed by atoms with van der Waals surface area (Å²) in [5.74, 6) is -0.375. The largest absolute Gasteiger partial charge is 0.492 e. The van der Waals surface area contributed by atoms with Crippen molar-refractivity contribution in [1.82, 2.24) is 0 Å². The summed E-state index contributed by atoms with van der Waals surface area (Å²) < 4.78 is 19.1. The number of nitrogens with one attached hydrogen (secondary N) is 1. The zero-order chi connectivity index (χ0) is 15.4. The minimum Gasteiger partial charge on any atom is -0.492 e. The molecule has 2 aromatic rings. The summed E-state index contributed by atoms with van der Waals surface area (Å²) in [6, 6.07) is 9.69. The molecule has 110 valence electrons. The molecule has 0 radical (unpaired) electrons. The Bertz CT molecular complexity index is 648. The highest BCUT2D eigenvalue weighted by Crippen LogP contribution is 2.25. The van der Waals surface area contributed by atoms with Gasteiger partial charge in [0, 0.05) is 16.8 Å². The van der Waals surface area contributed by atoms with Gasteiger partial charge >= 0.3 is 0 Å². The summed E-state index contributed by atoms with van der Waals surface area (Å²) in [6.45, 7) is 3.91. The minimum absolute atomic E-state index is 0.168. The van der Waals surface area contributed by atoms with Crippen LogP contribution in [0.15, 0.2) is 36.4 Å². The van der Waals surface area contributed by atoms with Crippen molar-refractivity contribution in [2.45, 2.75) is 13.8 Å². The maximum absolute atomic E-state index is 13.7. The smallest absolute Gasteiger partial charge is 0.255 e. The van der Waals surface area contributed by atoms with Crippen molar-refractivity contribution >= 4 is 17.3 Å². The lowest BCUT2D eigenvalue weighted by Gasteiger charge is -2.12. The predicted octanol–water partition coefficient (Wildman–Crippen LogP) is 3.37. The highest BCUT2D eigenvalue weighted by molar-refractivity contribution is 6.05. The van der Waals surface area contributed by atoms with Crippen molar-refractivity contribution in [2.24, 2.45) is 0 Å². The van der Waals surface area contributed by atoms with E-state index in [0.717, 1.165) is 0 Å². The number of carbonyl (C=O) groups is 1. The third kappa shape index (κ3) is 3.31. The van der Waals surface area contributed by atoms with Crippen molar-refractivity contribution in [3.05, 3.63) is 53.3 Å². The minimum atomic E-state index is -0.502. The molecule has 0 atom stereocenters. The number of para-hydroxylation sites is 2. The molecule has 1 amide bonds. The fourth-order valence-corrected chi connectivity index (χ4v) is 1.88. The molecular weight excluding hydrogens is 271 g/mol. The van der Waals surface area contributed by atoms with Gasteiger partial charge in [-0.1, -0.05) is 12.1 Å². The van der Waals surface area contributed by atoms with Crippen molar-refractivity contribution in [3.63, 3.8) is 0 Å². The second-order valence-corrected chi connectivity index (χ2v) is 4.56. The SMILES string of the molecule is CCOc1ccccc1NC(=O)c1cc(N)c(C)c(F)c1. The fraction of sp³-hybridized carbons (Fsp3) is 0.188. The van der Waals surface area contributed by atoms with E-state index in [4.69, 9.17) is 10.5 Å².